The Balaban J connectivity index is 0. The first-order chi connectivity index (χ1) is 10.5. The lowest BCUT2D eigenvalue weighted by molar-refractivity contribution is -0.123. The Labute approximate surface area is 158 Å². The largest absolute Gasteiger partial charge is 0.380 e. The van der Waals surface area contributed by atoms with E-state index in [-0.39, 0.29) is 36.8 Å². The number of carbonyl (C=O) groups is 1. The Hall–Kier alpha value is -0.850. The molecule has 0 saturated carbocycles. The third kappa shape index (κ3) is 9.45. The molecule has 5 nitrogen and oxygen atoms in total. The molecule has 0 aliphatic carbocycles. The molecule has 0 aliphatic rings. The van der Waals surface area contributed by atoms with Gasteiger partial charge in [0, 0.05) is 32.8 Å². The van der Waals surface area contributed by atoms with Crippen LogP contribution >= 0.6 is 24.8 Å². The molecule has 0 radical (unpaired) electrons. The van der Waals surface area contributed by atoms with Gasteiger partial charge in [0.05, 0.1) is 12.5 Å². The molecule has 0 bridgehead atoms. The normalized spacial score (nSPS) is 11.6. The summed E-state index contributed by atoms with van der Waals surface area (Å²) in [7, 11) is 3.68. The molecule has 1 aromatic rings. The average molecular weight is 380 g/mol. The van der Waals surface area contributed by atoms with Crippen LogP contribution in [-0.2, 0) is 22.6 Å². The molecule has 24 heavy (non-hydrogen) atoms. The van der Waals surface area contributed by atoms with Crippen molar-refractivity contribution in [1.29, 1.82) is 0 Å². The molecule has 0 spiro atoms. The monoisotopic (exact) mass is 379 g/mol. The number of carbonyl (C=O) groups excluding carboxylic acids is 1. The van der Waals surface area contributed by atoms with Gasteiger partial charge in [-0.15, -0.1) is 24.8 Å². The molecule has 1 atom stereocenters. The van der Waals surface area contributed by atoms with E-state index in [1.165, 1.54) is 5.56 Å². The molecule has 3 N–H and O–H groups in total. The van der Waals surface area contributed by atoms with Crippen LogP contribution in [0.25, 0.3) is 0 Å². The Bertz CT molecular complexity index is 469. The number of hydrogen-bond donors (Lipinski definition) is 2. The van der Waals surface area contributed by atoms with Gasteiger partial charge in [0.2, 0.25) is 5.91 Å². The third-order valence-electron chi connectivity index (χ3n) is 3.80. The van der Waals surface area contributed by atoms with Crippen molar-refractivity contribution >= 4 is 30.7 Å². The van der Waals surface area contributed by atoms with Gasteiger partial charge in [0.1, 0.15) is 0 Å². The summed E-state index contributed by atoms with van der Waals surface area (Å²) >= 11 is 0. The van der Waals surface area contributed by atoms with E-state index < -0.39 is 0 Å². The standard InChI is InChI=1S/C17H29N3O2.2ClH/c1-13(2)20(3)12-15-7-5-6-14(8-15)11-19-17(21)9-16(10-18)22-4;;/h5-8,13,16H,9-12,18H2,1-4H3,(H,19,21);2*1H. The molecule has 0 aromatic heterocycles. The Morgan fingerprint density at radius 2 is 1.92 bits per heavy atom. The van der Waals surface area contributed by atoms with Crippen molar-refractivity contribution in [3.8, 4) is 0 Å². The number of ether oxygens (including phenoxy) is 1. The minimum atomic E-state index is -0.217. The van der Waals surface area contributed by atoms with Gasteiger partial charge in [-0.25, -0.2) is 0 Å². The van der Waals surface area contributed by atoms with E-state index in [2.05, 4.69) is 43.2 Å². The number of rotatable bonds is 9. The highest BCUT2D eigenvalue weighted by molar-refractivity contribution is 5.85. The number of benzene rings is 1. The second kappa shape index (κ2) is 13.4. The van der Waals surface area contributed by atoms with Crippen molar-refractivity contribution in [1.82, 2.24) is 10.2 Å². The first kappa shape index (κ1) is 25.4. The fraction of sp³-hybridized carbons (Fsp3) is 0.588. The number of nitrogens with one attached hydrogen (secondary N) is 1. The fourth-order valence-corrected chi connectivity index (χ4v) is 2.05. The van der Waals surface area contributed by atoms with Gasteiger partial charge < -0.3 is 15.8 Å². The predicted molar refractivity (Wildman–Crippen MR) is 104 cm³/mol. The van der Waals surface area contributed by atoms with Crippen LogP contribution in [0.3, 0.4) is 0 Å². The van der Waals surface area contributed by atoms with Crippen LogP contribution in [-0.4, -0.2) is 43.7 Å². The Morgan fingerprint density at radius 3 is 2.46 bits per heavy atom. The van der Waals surface area contributed by atoms with Crippen molar-refractivity contribution in [3.63, 3.8) is 0 Å². The van der Waals surface area contributed by atoms with Gasteiger partial charge in [-0.3, -0.25) is 9.69 Å². The maximum atomic E-state index is 11.8. The van der Waals surface area contributed by atoms with Crippen molar-refractivity contribution < 1.29 is 9.53 Å². The SMILES string of the molecule is COC(CN)CC(=O)NCc1cccc(CN(C)C(C)C)c1.Cl.Cl. The first-order valence-electron chi connectivity index (χ1n) is 7.73. The lowest BCUT2D eigenvalue weighted by Gasteiger charge is -2.21. The van der Waals surface area contributed by atoms with Crippen LogP contribution in [0.1, 0.15) is 31.4 Å². The van der Waals surface area contributed by atoms with E-state index in [4.69, 9.17) is 10.5 Å². The smallest absolute Gasteiger partial charge is 0.222 e. The second-order valence-electron chi connectivity index (χ2n) is 5.90. The van der Waals surface area contributed by atoms with Crippen molar-refractivity contribution in [2.45, 2.75) is 45.5 Å². The zero-order valence-corrected chi connectivity index (χ0v) is 16.6. The van der Waals surface area contributed by atoms with E-state index in [1.54, 1.807) is 7.11 Å². The van der Waals surface area contributed by atoms with Crippen LogP contribution in [0.15, 0.2) is 24.3 Å². The van der Waals surface area contributed by atoms with Gasteiger partial charge in [-0.05, 0) is 32.0 Å². The van der Waals surface area contributed by atoms with Crippen LogP contribution in [0.4, 0.5) is 0 Å². The summed E-state index contributed by atoms with van der Waals surface area (Å²) in [5, 5.41) is 2.91. The molecule has 1 amide bonds. The quantitative estimate of drug-likeness (QED) is 0.690. The van der Waals surface area contributed by atoms with Gasteiger partial charge in [-0.2, -0.15) is 0 Å². The van der Waals surface area contributed by atoms with Crippen molar-refractivity contribution in [2.75, 3.05) is 20.7 Å². The van der Waals surface area contributed by atoms with Gasteiger partial charge in [0.15, 0.2) is 0 Å². The average Bonchev–Trinajstić information content (AvgIpc) is 2.50. The zero-order valence-electron chi connectivity index (χ0n) is 15.0. The van der Waals surface area contributed by atoms with Gasteiger partial charge in [-0.1, -0.05) is 24.3 Å². The molecule has 0 heterocycles. The number of nitrogens with zero attached hydrogens (tertiary/aromatic N) is 1. The van der Waals surface area contributed by atoms with Crippen LogP contribution in [0, 0.1) is 0 Å². The van der Waals surface area contributed by atoms with E-state index in [1.807, 2.05) is 12.1 Å². The molecular weight excluding hydrogens is 349 g/mol. The summed E-state index contributed by atoms with van der Waals surface area (Å²) in [6, 6.07) is 8.80. The molecule has 1 unspecified atom stereocenters. The number of halogens is 2. The summed E-state index contributed by atoms with van der Waals surface area (Å²) < 4.78 is 5.12. The number of hydrogen-bond acceptors (Lipinski definition) is 4. The topological polar surface area (TPSA) is 67.6 Å². The lowest BCUT2D eigenvalue weighted by Crippen LogP contribution is -2.32. The molecule has 1 aromatic carbocycles. The third-order valence-corrected chi connectivity index (χ3v) is 3.80. The number of methoxy groups -OCH3 is 1. The molecule has 0 aliphatic heterocycles. The summed E-state index contributed by atoms with van der Waals surface area (Å²) in [5.74, 6) is -0.0398. The van der Waals surface area contributed by atoms with Crippen LogP contribution < -0.4 is 11.1 Å². The number of amides is 1. The van der Waals surface area contributed by atoms with Crippen LogP contribution in [0.5, 0.6) is 0 Å². The fourth-order valence-electron chi connectivity index (χ4n) is 2.05. The molecule has 0 saturated heterocycles. The van der Waals surface area contributed by atoms with Gasteiger partial charge in [0.25, 0.3) is 0 Å². The van der Waals surface area contributed by atoms with E-state index in [0.717, 1.165) is 12.1 Å². The lowest BCUT2D eigenvalue weighted by atomic mass is 10.1. The summed E-state index contributed by atoms with van der Waals surface area (Å²) in [5.41, 5.74) is 7.87. The maximum Gasteiger partial charge on any atom is 0.222 e. The summed E-state index contributed by atoms with van der Waals surface area (Å²) in [6.07, 6.45) is 0.0778. The van der Waals surface area contributed by atoms with Crippen molar-refractivity contribution in [2.24, 2.45) is 5.73 Å². The highest BCUT2D eigenvalue weighted by Crippen LogP contribution is 2.09. The highest BCUT2D eigenvalue weighted by Gasteiger charge is 2.11. The molecular formula is C17H31Cl2N3O2. The van der Waals surface area contributed by atoms with Gasteiger partial charge >= 0.3 is 0 Å². The molecule has 140 valence electrons. The maximum absolute atomic E-state index is 11.8. The summed E-state index contributed by atoms with van der Waals surface area (Å²) in [6.45, 7) is 6.12. The molecule has 0 fully saturated rings. The van der Waals surface area contributed by atoms with Crippen LogP contribution in [0.2, 0.25) is 0 Å². The molecule has 1 rings (SSSR count). The zero-order chi connectivity index (χ0) is 16.5. The van der Waals surface area contributed by atoms with E-state index >= 15 is 0 Å². The van der Waals surface area contributed by atoms with Crippen molar-refractivity contribution in [3.05, 3.63) is 35.4 Å². The van der Waals surface area contributed by atoms with E-state index in [9.17, 15) is 4.79 Å². The predicted octanol–water partition coefficient (Wildman–Crippen LogP) is 2.35. The minimum absolute atomic E-state index is 0. The Morgan fingerprint density at radius 1 is 1.29 bits per heavy atom. The number of nitrogens with two attached hydrogens (primary N) is 1. The minimum Gasteiger partial charge on any atom is -0.380 e. The van der Waals surface area contributed by atoms with E-state index in [0.29, 0.717) is 25.6 Å². The molecule has 7 heteroatoms. The highest BCUT2D eigenvalue weighted by atomic mass is 35.5. The Kier molecular flexibility index (Phi) is 14.2. The summed E-state index contributed by atoms with van der Waals surface area (Å²) in [4.78, 5) is 14.1. The first-order valence-corrected chi connectivity index (χ1v) is 7.73. The second-order valence-corrected chi connectivity index (χ2v) is 5.90.